The first-order valence-corrected chi connectivity index (χ1v) is 6.05. The normalized spacial score (nSPS) is 7.87. The van der Waals surface area contributed by atoms with Crippen molar-refractivity contribution in [2.45, 2.75) is 48.0 Å². The van der Waals surface area contributed by atoms with Gasteiger partial charge in [-0.05, 0) is 31.0 Å². The van der Waals surface area contributed by atoms with E-state index >= 15 is 0 Å². The van der Waals surface area contributed by atoms with E-state index in [4.69, 9.17) is 0 Å². The molecule has 0 radical (unpaired) electrons. The summed E-state index contributed by atoms with van der Waals surface area (Å²) in [5.74, 6) is 0.979. The monoisotopic (exact) mass is 210 g/mol. The minimum atomic E-state index is 0.931. The number of pyridine rings is 1. The molecule has 88 valence electrons. The van der Waals surface area contributed by atoms with Crippen LogP contribution < -0.4 is 5.32 Å². The molecule has 0 fully saturated rings. The van der Waals surface area contributed by atoms with Crippen LogP contribution in [0.4, 0.5) is 5.82 Å². The number of nitrogens with zero attached hydrogens (tertiary/aromatic N) is 1. The summed E-state index contributed by atoms with van der Waals surface area (Å²) in [6, 6.07) is 4.13. The fourth-order valence-electron chi connectivity index (χ4n) is 0.972. The predicted octanol–water partition coefficient (Wildman–Crippen LogP) is 4.13. The summed E-state index contributed by atoms with van der Waals surface area (Å²) in [5.41, 5.74) is 1.33. The van der Waals surface area contributed by atoms with Crippen molar-refractivity contribution >= 4 is 5.82 Å². The zero-order valence-electron chi connectivity index (χ0n) is 11.1. The zero-order chi connectivity index (χ0) is 12.1. The van der Waals surface area contributed by atoms with E-state index in [0.717, 1.165) is 18.8 Å². The van der Waals surface area contributed by atoms with E-state index in [1.54, 1.807) is 0 Å². The number of hydrogen-bond acceptors (Lipinski definition) is 2. The van der Waals surface area contributed by atoms with Crippen molar-refractivity contribution in [3.05, 3.63) is 23.9 Å². The lowest BCUT2D eigenvalue weighted by atomic mass is 10.2. The molecule has 0 atom stereocenters. The number of aryl methyl sites for hydroxylation is 1. The van der Waals surface area contributed by atoms with E-state index in [1.807, 2.05) is 40.0 Å². The molecule has 0 aliphatic rings. The smallest absolute Gasteiger partial charge is 0.126 e. The Labute approximate surface area is 95.1 Å². The van der Waals surface area contributed by atoms with Crippen molar-refractivity contribution in [1.82, 2.24) is 4.98 Å². The fourth-order valence-corrected chi connectivity index (χ4v) is 0.972. The van der Waals surface area contributed by atoms with Gasteiger partial charge in [0, 0.05) is 12.7 Å². The van der Waals surface area contributed by atoms with Gasteiger partial charge in [-0.25, -0.2) is 4.98 Å². The summed E-state index contributed by atoms with van der Waals surface area (Å²) in [6.45, 7) is 13.1. The Hall–Kier alpha value is -1.05. The Morgan fingerprint density at radius 2 is 1.73 bits per heavy atom. The quantitative estimate of drug-likeness (QED) is 0.811. The van der Waals surface area contributed by atoms with Gasteiger partial charge in [0.2, 0.25) is 0 Å². The van der Waals surface area contributed by atoms with Crippen LogP contribution in [-0.4, -0.2) is 11.5 Å². The van der Waals surface area contributed by atoms with Crippen molar-refractivity contribution in [1.29, 1.82) is 0 Å². The summed E-state index contributed by atoms with van der Waals surface area (Å²) in [5, 5.41) is 3.17. The Kier molecular flexibility index (Phi) is 14.1. The molecule has 0 bridgehead atoms. The molecule has 0 saturated carbocycles. The third-order valence-corrected chi connectivity index (χ3v) is 1.59. The number of nitrogens with one attached hydrogen (secondary N) is 1. The van der Waals surface area contributed by atoms with Gasteiger partial charge < -0.3 is 5.32 Å². The molecule has 0 amide bonds. The third-order valence-electron chi connectivity index (χ3n) is 1.59. The summed E-state index contributed by atoms with van der Waals surface area (Å²) < 4.78 is 0. The van der Waals surface area contributed by atoms with E-state index in [0.29, 0.717) is 0 Å². The first-order valence-electron chi connectivity index (χ1n) is 6.05. The third kappa shape index (κ3) is 7.98. The molecule has 0 saturated heterocycles. The molecule has 15 heavy (non-hydrogen) atoms. The maximum atomic E-state index is 4.17. The van der Waals surface area contributed by atoms with Gasteiger partial charge in [-0.1, -0.05) is 34.6 Å². The molecule has 0 aromatic carbocycles. The van der Waals surface area contributed by atoms with Crippen molar-refractivity contribution in [2.24, 2.45) is 0 Å². The summed E-state index contributed by atoms with van der Waals surface area (Å²) in [4.78, 5) is 4.17. The van der Waals surface area contributed by atoms with Gasteiger partial charge in [0.15, 0.2) is 0 Å². The van der Waals surface area contributed by atoms with Crippen LogP contribution >= 0.6 is 0 Å². The molecular weight excluding hydrogens is 184 g/mol. The van der Waals surface area contributed by atoms with Crippen LogP contribution in [0.15, 0.2) is 18.3 Å². The summed E-state index contributed by atoms with van der Waals surface area (Å²) >= 11 is 0. The van der Waals surface area contributed by atoms with Crippen LogP contribution in [0.1, 0.15) is 47.1 Å². The second-order valence-corrected chi connectivity index (χ2v) is 2.43. The van der Waals surface area contributed by atoms with Crippen LogP contribution in [-0.2, 0) is 6.42 Å². The minimum Gasteiger partial charge on any atom is -0.370 e. The molecule has 1 rings (SSSR count). The number of hydrogen-bond donors (Lipinski definition) is 1. The van der Waals surface area contributed by atoms with Crippen molar-refractivity contribution in [3.8, 4) is 0 Å². The fraction of sp³-hybridized carbons (Fsp3) is 0.615. The Bertz CT molecular complexity index is 222. The van der Waals surface area contributed by atoms with Crippen LogP contribution in [0, 0.1) is 0 Å². The SMILES string of the molecule is CC.CC.CCNc1cc(CC)ccn1. The van der Waals surface area contributed by atoms with Crippen LogP contribution in [0.5, 0.6) is 0 Å². The summed E-state index contributed by atoms with van der Waals surface area (Å²) in [7, 11) is 0. The molecule has 1 N–H and O–H groups in total. The lowest BCUT2D eigenvalue weighted by Crippen LogP contribution is -1.99. The maximum Gasteiger partial charge on any atom is 0.126 e. The van der Waals surface area contributed by atoms with Crippen molar-refractivity contribution < 1.29 is 0 Å². The molecule has 1 aromatic rings. The Balaban J connectivity index is 0. The van der Waals surface area contributed by atoms with Crippen LogP contribution in [0.2, 0.25) is 0 Å². The average molecular weight is 210 g/mol. The van der Waals surface area contributed by atoms with Gasteiger partial charge in [0.25, 0.3) is 0 Å². The Morgan fingerprint density at radius 1 is 1.13 bits per heavy atom. The maximum absolute atomic E-state index is 4.17. The van der Waals surface area contributed by atoms with Gasteiger partial charge in [-0.3, -0.25) is 0 Å². The number of aromatic nitrogens is 1. The molecule has 0 spiro atoms. The first-order chi connectivity index (χ1) is 7.36. The van der Waals surface area contributed by atoms with Crippen LogP contribution in [0.25, 0.3) is 0 Å². The molecule has 0 aliphatic carbocycles. The molecular formula is C13H26N2. The lowest BCUT2D eigenvalue weighted by Gasteiger charge is -2.02. The van der Waals surface area contributed by atoms with Gasteiger partial charge in [0.1, 0.15) is 5.82 Å². The molecule has 0 aliphatic heterocycles. The average Bonchev–Trinajstić information content (AvgIpc) is 2.35. The standard InChI is InChI=1S/C9H14N2.2C2H6/c1-3-8-5-6-11-9(7-8)10-4-2;2*1-2/h5-7H,3-4H2,1-2H3,(H,10,11);2*1-2H3. The lowest BCUT2D eigenvalue weighted by molar-refractivity contribution is 1.10. The molecule has 0 unspecified atom stereocenters. The topological polar surface area (TPSA) is 24.9 Å². The highest BCUT2D eigenvalue weighted by molar-refractivity contribution is 5.37. The predicted molar refractivity (Wildman–Crippen MR) is 70.5 cm³/mol. The second kappa shape index (κ2) is 12.9. The van der Waals surface area contributed by atoms with E-state index in [-0.39, 0.29) is 0 Å². The Morgan fingerprint density at radius 3 is 2.20 bits per heavy atom. The van der Waals surface area contributed by atoms with Gasteiger partial charge >= 0.3 is 0 Å². The zero-order valence-corrected chi connectivity index (χ0v) is 11.1. The van der Waals surface area contributed by atoms with Gasteiger partial charge in [-0.15, -0.1) is 0 Å². The molecule has 1 heterocycles. The minimum absolute atomic E-state index is 0.931. The molecule has 2 heteroatoms. The van der Waals surface area contributed by atoms with E-state index in [1.165, 1.54) is 5.56 Å². The van der Waals surface area contributed by atoms with E-state index in [9.17, 15) is 0 Å². The molecule has 2 nitrogen and oxygen atoms in total. The van der Waals surface area contributed by atoms with E-state index in [2.05, 4.69) is 30.2 Å². The van der Waals surface area contributed by atoms with E-state index < -0.39 is 0 Å². The highest BCUT2D eigenvalue weighted by Crippen LogP contribution is 2.06. The highest BCUT2D eigenvalue weighted by Gasteiger charge is 1.91. The van der Waals surface area contributed by atoms with Crippen molar-refractivity contribution in [3.63, 3.8) is 0 Å². The number of anilines is 1. The number of rotatable bonds is 3. The van der Waals surface area contributed by atoms with Crippen molar-refractivity contribution in [2.75, 3.05) is 11.9 Å². The van der Waals surface area contributed by atoms with Gasteiger partial charge in [0.05, 0.1) is 0 Å². The molecule has 1 aromatic heterocycles. The van der Waals surface area contributed by atoms with Gasteiger partial charge in [-0.2, -0.15) is 0 Å². The highest BCUT2D eigenvalue weighted by atomic mass is 15.0. The first kappa shape index (κ1) is 16.4. The largest absolute Gasteiger partial charge is 0.370 e. The second-order valence-electron chi connectivity index (χ2n) is 2.43. The summed E-state index contributed by atoms with van der Waals surface area (Å²) in [6.07, 6.45) is 2.91. The van der Waals surface area contributed by atoms with Crippen LogP contribution in [0.3, 0.4) is 0 Å².